The Morgan fingerprint density at radius 1 is 1.40 bits per heavy atom. The molecule has 1 aliphatic carbocycles. The molecule has 2 aliphatic rings. The maximum Gasteiger partial charge on any atom is 0.249 e. The normalized spacial score (nSPS) is 40.7. The fourth-order valence-corrected chi connectivity index (χ4v) is 3.09. The number of hydrogen-bond donors (Lipinski definition) is 1. The van der Waals surface area contributed by atoms with Gasteiger partial charge < -0.3 is 10.1 Å². The first kappa shape index (κ1) is 11.4. The standard InChI is InChI=1S/C11H18BrNO2/c1-7-5-6-15-10(7)11(14)13-9-4-2-3-8(9)12/h7-10H,2-6H2,1H3,(H,13,14). The van der Waals surface area contributed by atoms with Crippen LogP contribution in [0.25, 0.3) is 0 Å². The molecule has 86 valence electrons. The molecule has 1 N–H and O–H groups in total. The van der Waals surface area contributed by atoms with Crippen molar-refractivity contribution in [2.45, 2.75) is 49.6 Å². The molecule has 4 heteroatoms. The smallest absolute Gasteiger partial charge is 0.249 e. The number of rotatable bonds is 2. The third kappa shape index (κ3) is 2.53. The molecule has 2 fully saturated rings. The van der Waals surface area contributed by atoms with Crippen LogP contribution in [-0.2, 0) is 9.53 Å². The van der Waals surface area contributed by atoms with Gasteiger partial charge in [-0.15, -0.1) is 0 Å². The zero-order chi connectivity index (χ0) is 10.8. The van der Waals surface area contributed by atoms with Gasteiger partial charge in [-0.1, -0.05) is 29.3 Å². The highest BCUT2D eigenvalue weighted by Gasteiger charge is 2.34. The lowest BCUT2D eigenvalue weighted by atomic mass is 10.0. The fraction of sp³-hybridized carbons (Fsp3) is 0.909. The van der Waals surface area contributed by atoms with Gasteiger partial charge in [0.25, 0.3) is 0 Å². The molecule has 1 heterocycles. The van der Waals surface area contributed by atoms with E-state index in [0.717, 1.165) is 25.9 Å². The topological polar surface area (TPSA) is 38.3 Å². The highest BCUT2D eigenvalue weighted by Crippen LogP contribution is 2.27. The Hall–Kier alpha value is -0.0900. The van der Waals surface area contributed by atoms with Crippen LogP contribution in [0.3, 0.4) is 0 Å². The predicted octanol–water partition coefficient (Wildman–Crippen LogP) is 1.84. The lowest BCUT2D eigenvalue weighted by molar-refractivity contribution is -0.132. The SMILES string of the molecule is CC1CCOC1C(=O)NC1CCCC1Br. The van der Waals surface area contributed by atoms with Gasteiger partial charge in [-0.25, -0.2) is 0 Å². The van der Waals surface area contributed by atoms with E-state index in [0.29, 0.717) is 16.8 Å². The van der Waals surface area contributed by atoms with Crippen LogP contribution in [-0.4, -0.2) is 29.5 Å². The Morgan fingerprint density at radius 3 is 2.73 bits per heavy atom. The van der Waals surface area contributed by atoms with Crippen LogP contribution in [0.1, 0.15) is 32.6 Å². The molecule has 0 bridgehead atoms. The minimum Gasteiger partial charge on any atom is -0.368 e. The van der Waals surface area contributed by atoms with E-state index in [9.17, 15) is 4.79 Å². The minimum absolute atomic E-state index is 0.0800. The van der Waals surface area contributed by atoms with Gasteiger partial charge in [-0.2, -0.15) is 0 Å². The second kappa shape index (κ2) is 4.83. The number of alkyl halides is 1. The zero-order valence-corrected chi connectivity index (χ0v) is 10.6. The van der Waals surface area contributed by atoms with Gasteiger partial charge in [-0.3, -0.25) is 4.79 Å². The van der Waals surface area contributed by atoms with E-state index < -0.39 is 0 Å². The van der Waals surface area contributed by atoms with E-state index in [2.05, 4.69) is 28.2 Å². The molecule has 0 aromatic rings. The van der Waals surface area contributed by atoms with Crippen molar-refractivity contribution >= 4 is 21.8 Å². The van der Waals surface area contributed by atoms with Crippen LogP contribution < -0.4 is 5.32 Å². The maximum absolute atomic E-state index is 11.9. The molecule has 4 atom stereocenters. The Labute approximate surface area is 99.1 Å². The molecule has 3 nitrogen and oxygen atoms in total. The van der Waals surface area contributed by atoms with Crippen molar-refractivity contribution in [1.82, 2.24) is 5.32 Å². The largest absolute Gasteiger partial charge is 0.368 e. The molecule has 1 amide bonds. The number of nitrogens with one attached hydrogen (secondary N) is 1. The predicted molar refractivity (Wildman–Crippen MR) is 62.0 cm³/mol. The molecule has 15 heavy (non-hydrogen) atoms. The van der Waals surface area contributed by atoms with Crippen LogP contribution in [0, 0.1) is 5.92 Å². The van der Waals surface area contributed by atoms with Crippen molar-refractivity contribution in [2.75, 3.05) is 6.61 Å². The molecule has 0 aromatic heterocycles. The summed E-state index contributed by atoms with van der Waals surface area (Å²) in [5.74, 6) is 0.441. The summed E-state index contributed by atoms with van der Waals surface area (Å²) in [6.07, 6.45) is 4.22. The molecule has 0 aromatic carbocycles. The van der Waals surface area contributed by atoms with Gasteiger partial charge >= 0.3 is 0 Å². The Kier molecular flexibility index (Phi) is 3.67. The van der Waals surface area contributed by atoms with Crippen molar-refractivity contribution in [3.8, 4) is 0 Å². The van der Waals surface area contributed by atoms with E-state index in [1.165, 1.54) is 6.42 Å². The van der Waals surface area contributed by atoms with Gasteiger partial charge in [0.2, 0.25) is 5.91 Å². The summed E-state index contributed by atoms with van der Waals surface area (Å²) in [7, 11) is 0. The first-order valence-electron chi connectivity index (χ1n) is 5.74. The van der Waals surface area contributed by atoms with E-state index in [1.54, 1.807) is 0 Å². The molecular formula is C11H18BrNO2. The first-order chi connectivity index (χ1) is 7.18. The van der Waals surface area contributed by atoms with Crippen LogP contribution in [0.2, 0.25) is 0 Å². The molecule has 4 unspecified atom stereocenters. The van der Waals surface area contributed by atoms with Crippen molar-refractivity contribution in [2.24, 2.45) is 5.92 Å². The maximum atomic E-state index is 11.9. The van der Waals surface area contributed by atoms with Crippen LogP contribution >= 0.6 is 15.9 Å². The highest BCUT2D eigenvalue weighted by molar-refractivity contribution is 9.09. The summed E-state index contributed by atoms with van der Waals surface area (Å²) in [6.45, 7) is 2.80. The van der Waals surface area contributed by atoms with Gasteiger partial charge in [0.05, 0.1) is 0 Å². The summed E-state index contributed by atoms with van der Waals surface area (Å²) < 4.78 is 5.45. The van der Waals surface area contributed by atoms with E-state index in [4.69, 9.17) is 4.74 Å². The number of ether oxygens (including phenoxy) is 1. The van der Waals surface area contributed by atoms with Crippen molar-refractivity contribution in [1.29, 1.82) is 0 Å². The van der Waals surface area contributed by atoms with Crippen LogP contribution in [0.5, 0.6) is 0 Å². The highest BCUT2D eigenvalue weighted by atomic mass is 79.9. The monoisotopic (exact) mass is 275 g/mol. The van der Waals surface area contributed by atoms with Crippen molar-refractivity contribution in [3.63, 3.8) is 0 Å². The van der Waals surface area contributed by atoms with E-state index >= 15 is 0 Å². The zero-order valence-electron chi connectivity index (χ0n) is 9.04. The minimum atomic E-state index is -0.217. The van der Waals surface area contributed by atoms with Gasteiger partial charge in [0, 0.05) is 17.5 Å². The molecule has 1 saturated heterocycles. The van der Waals surface area contributed by atoms with Gasteiger partial charge in [-0.05, 0) is 25.2 Å². The number of carbonyl (C=O) groups excluding carboxylic acids is 1. The molecular weight excluding hydrogens is 258 g/mol. The molecule has 1 aliphatic heterocycles. The third-order valence-electron chi connectivity index (χ3n) is 3.41. The lowest BCUT2D eigenvalue weighted by Gasteiger charge is -2.20. The summed E-state index contributed by atoms with van der Waals surface area (Å²) in [6, 6.07) is 0.300. The summed E-state index contributed by atoms with van der Waals surface area (Å²) in [5, 5.41) is 3.09. The second-order valence-electron chi connectivity index (χ2n) is 4.62. The number of amides is 1. The summed E-state index contributed by atoms with van der Waals surface area (Å²) in [4.78, 5) is 12.3. The summed E-state index contributed by atoms with van der Waals surface area (Å²) in [5.41, 5.74) is 0. The third-order valence-corrected chi connectivity index (χ3v) is 4.50. The summed E-state index contributed by atoms with van der Waals surface area (Å²) >= 11 is 3.60. The quantitative estimate of drug-likeness (QED) is 0.782. The Bertz CT molecular complexity index is 247. The molecule has 1 saturated carbocycles. The van der Waals surface area contributed by atoms with Gasteiger partial charge in [0.15, 0.2) is 0 Å². The number of hydrogen-bond acceptors (Lipinski definition) is 2. The van der Waals surface area contributed by atoms with Crippen molar-refractivity contribution in [3.05, 3.63) is 0 Å². The lowest BCUT2D eigenvalue weighted by Crippen LogP contribution is -2.44. The first-order valence-corrected chi connectivity index (χ1v) is 6.66. The van der Waals surface area contributed by atoms with E-state index in [1.807, 2.05) is 0 Å². The average Bonchev–Trinajstić information content (AvgIpc) is 2.76. The van der Waals surface area contributed by atoms with Crippen molar-refractivity contribution < 1.29 is 9.53 Å². The molecule has 2 rings (SSSR count). The van der Waals surface area contributed by atoms with Gasteiger partial charge in [0.1, 0.15) is 6.10 Å². The molecule has 0 radical (unpaired) electrons. The number of carbonyl (C=O) groups is 1. The fourth-order valence-electron chi connectivity index (χ4n) is 2.37. The second-order valence-corrected chi connectivity index (χ2v) is 5.80. The Balaban J connectivity index is 1.86. The van der Waals surface area contributed by atoms with E-state index in [-0.39, 0.29) is 12.0 Å². The Morgan fingerprint density at radius 2 is 2.20 bits per heavy atom. The van der Waals surface area contributed by atoms with Crippen LogP contribution in [0.15, 0.2) is 0 Å². The number of halogens is 1. The van der Waals surface area contributed by atoms with Crippen LogP contribution in [0.4, 0.5) is 0 Å². The average molecular weight is 276 g/mol. The molecule has 0 spiro atoms.